The van der Waals surface area contributed by atoms with E-state index in [9.17, 15) is 18.0 Å². The Balaban J connectivity index is 2.05. The molecule has 2 aromatic rings. The van der Waals surface area contributed by atoms with E-state index in [1.165, 1.54) is 32.3 Å². The van der Waals surface area contributed by atoms with Gasteiger partial charge in [-0.1, -0.05) is 29.3 Å². The average molecular weight is 411 g/mol. The molecule has 0 spiro atoms. The molecule has 0 fully saturated rings. The van der Waals surface area contributed by atoms with Gasteiger partial charge in [-0.25, -0.2) is 17.5 Å². The van der Waals surface area contributed by atoms with E-state index >= 15 is 0 Å². The van der Waals surface area contributed by atoms with E-state index in [1.54, 1.807) is 18.2 Å². The van der Waals surface area contributed by atoms with Crippen LogP contribution in [0.3, 0.4) is 0 Å². The predicted octanol–water partition coefficient (Wildman–Crippen LogP) is 2.69. The van der Waals surface area contributed by atoms with Gasteiger partial charge in [0.2, 0.25) is 10.0 Å². The summed E-state index contributed by atoms with van der Waals surface area (Å²) in [6.07, 6.45) is 0. The molecule has 0 aliphatic heterocycles. The lowest BCUT2D eigenvalue weighted by Crippen LogP contribution is -2.23. The van der Waals surface area contributed by atoms with Crippen molar-refractivity contribution in [3.63, 3.8) is 0 Å². The number of hydrogen-bond acceptors (Lipinski definition) is 5. The number of aryl methyl sites for hydroxylation is 1. The van der Waals surface area contributed by atoms with Crippen molar-refractivity contribution in [3.05, 3.63) is 58.6 Å². The van der Waals surface area contributed by atoms with Gasteiger partial charge in [0.15, 0.2) is 6.61 Å². The standard InChI is InChI=1S/C18H19ClN2O5S/c1-12-5-4-6-13(9-12)18(23)26-11-17(22)20-14-7-8-15(19)16(10-14)27(24,25)21(2)3/h4-10H,11H2,1-3H3,(H,20,22). The van der Waals surface area contributed by atoms with Gasteiger partial charge in [0.1, 0.15) is 4.90 Å². The molecule has 0 heterocycles. The number of hydrogen-bond donors (Lipinski definition) is 1. The van der Waals surface area contributed by atoms with Crippen LogP contribution >= 0.6 is 11.6 Å². The lowest BCUT2D eigenvalue weighted by molar-refractivity contribution is -0.119. The Bertz CT molecular complexity index is 973. The molecular formula is C18H19ClN2O5S. The van der Waals surface area contributed by atoms with Crippen molar-refractivity contribution in [1.29, 1.82) is 0 Å². The third kappa shape index (κ3) is 5.29. The number of ether oxygens (including phenoxy) is 1. The number of amides is 1. The minimum absolute atomic E-state index is 0.0348. The molecule has 144 valence electrons. The molecular weight excluding hydrogens is 392 g/mol. The van der Waals surface area contributed by atoms with Gasteiger partial charge in [0.05, 0.1) is 10.6 Å². The Morgan fingerprint density at radius 1 is 1.15 bits per heavy atom. The molecule has 0 saturated carbocycles. The SMILES string of the molecule is Cc1cccc(C(=O)OCC(=O)Nc2ccc(Cl)c(S(=O)(=O)N(C)C)c2)c1. The molecule has 1 N–H and O–H groups in total. The normalized spacial score (nSPS) is 11.3. The zero-order chi connectivity index (χ0) is 20.2. The number of anilines is 1. The number of esters is 1. The first-order valence-electron chi connectivity index (χ1n) is 7.87. The largest absolute Gasteiger partial charge is 0.452 e. The molecule has 2 rings (SSSR count). The third-order valence-corrected chi connectivity index (χ3v) is 5.86. The molecule has 0 aromatic heterocycles. The van der Waals surface area contributed by atoms with Crippen LogP contribution < -0.4 is 5.32 Å². The number of carbonyl (C=O) groups is 2. The number of sulfonamides is 1. The second-order valence-electron chi connectivity index (χ2n) is 5.93. The second kappa shape index (κ2) is 8.51. The van der Waals surface area contributed by atoms with Gasteiger partial charge in [0.25, 0.3) is 5.91 Å². The molecule has 2 aromatic carbocycles. The topological polar surface area (TPSA) is 92.8 Å². The fraction of sp³-hybridized carbons (Fsp3) is 0.222. The summed E-state index contributed by atoms with van der Waals surface area (Å²) in [5.74, 6) is -1.23. The fourth-order valence-electron chi connectivity index (χ4n) is 2.16. The van der Waals surface area contributed by atoms with Gasteiger partial charge in [-0.3, -0.25) is 4.79 Å². The quantitative estimate of drug-likeness (QED) is 0.739. The maximum absolute atomic E-state index is 12.2. The Kier molecular flexibility index (Phi) is 6.59. The molecule has 0 unspecified atom stereocenters. The molecule has 0 aliphatic carbocycles. The van der Waals surface area contributed by atoms with Crippen LogP contribution in [0.15, 0.2) is 47.4 Å². The van der Waals surface area contributed by atoms with Gasteiger partial charge >= 0.3 is 5.97 Å². The lowest BCUT2D eigenvalue weighted by Gasteiger charge is -2.14. The number of halogens is 1. The summed E-state index contributed by atoms with van der Waals surface area (Å²) in [5, 5.41) is 2.52. The zero-order valence-electron chi connectivity index (χ0n) is 15.0. The summed E-state index contributed by atoms with van der Waals surface area (Å²) in [6, 6.07) is 10.9. The average Bonchev–Trinajstić information content (AvgIpc) is 2.61. The van der Waals surface area contributed by atoms with Crippen LogP contribution in [0, 0.1) is 6.92 Å². The highest BCUT2D eigenvalue weighted by atomic mass is 35.5. The van der Waals surface area contributed by atoms with Crippen molar-refractivity contribution in [2.45, 2.75) is 11.8 Å². The van der Waals surface area contributed by atoms with Crippen molar-refractivity contribution < 1.29 is 22.7 Å². The molecule has 0 saturated heterocycles. The van der Waals surface area contributed by atoms with Crippen LogP contribution in [0.5, 0.6) is 0 Å². The molecule has 0 radical (unpaired) electrons. The molecule has 0 bridgehead atoms. The van der Waals surface area contributed by atoms with Crippen molar-refractivity contribution in [1.82, 2.24) is 4.31 Å². The highest BCUT2D eigenvalue weighted by molar-refractivity contribution is 7.89. The zero-order valence-corrected chi connectivity index (χ0v) is 16.6. The third-order valence-electron chi connectivity index (χ3n) is 3.56. The van der Waals surface area contributed by atoms with Crippen molar-refractivity contribution in [3.8, 4) is 0 Å². The smallest absolute Gasteiger partial charge is 0.338 e. The Morgan fingerprint density at radius 2 is 1.85 bits per heavy atom. The number of benzene rings is 2. The van der Waals surface area contributed by atoms with E-state index in [4.69, 9.17) is 16.3 Å². The minimum Gasteiger partial charge on any atom is -0.452 e. The van der Waals surface area contributed by atoms with E-state index in [-0.39, 0.29) is 15.6 Å². The molecule has 0 atom stereocenters. The van der Waals surface area contributed by atoms with E-state index < -0.39 is 28.5 Å². The highest BCUT2D eigenvalue weighted by Crippen LogP contribution is 2.26. The number of nitrogens with one attached hydrogen (secondary N) is 1. The molecule has 9 heteroatoms. The Hall–Kier alpha value is -2.42. The van der Waals surface area contributed by atoms with Gasteiger partial charge in [-0.15, -0.1) is 0 Å². The number of rotatable bonds is 6. The summed E-state index contributed by atoms with van der Waals surface area (Å²) in [6.45, 7) is 1.33. The van der Waals surface area contributed by atoms with Crippen LogP contribution in [0.25, 0.3) is 0 Å². The summed E-state index contributed by atoms with van der Waals surface area (Å²) < 4.78 is 30.5. The monoisotopic (exact) mass is 410 g/mol. The van der Waals surface area contributed by atoms with Gasteiger partial charge in [0, 0.05) is 19.8 Å². The summed E-state index contributed by atoms with van der Waals surface area (Å²) in [5.41, 5.74) is 1.45. The predicted molar refractivity (Wildman–Crippen MR) is 102 cm³/mol. The van der Waals surface area contributed by atoms with Crippen molar-refractivity contribution >= 4 is 39.2 Å². The first-order chi connectivity index (χ1) is 12.6. The first kappa shape index (κ1) is 20.9. The van der Waals surface area contributed by atoms with E-state index in [0.29, 0.717) is 5.56 Å². The van der Waals surface area contributed by atoms with E-state index in [0.717, 1.165) is 9.87 Å². The van der Waals surface area contributed by atoms with Gasteiger partial charge < -0.3 is 10.1 Å². The van der Waals surface area contributed by atoms with Crippen molar-refractivity contribution in [2.75, 3.05) is 26.0 Å². The Morgan fingerprint density at radius 3 is 2.48 bits per heavy atom. The maximum Gasteiger partial charge on any atom is 0.338 e. The van der Waals surface area contributed by atoms with Crippen LogP contribution in [-0.2, 0) is 19.6 Å². The maximum atomic E-state index is 12.2. The molecule has 27 heavy (non-hydrogen) atoms. The first-order valence-corrected chi connectivity index (χ1v) is 9.69. The highest BCUT2D eigenvalue weighted by Gasteiger charge is 2.21. The Labute approximate surface area is 162 Å². The summed E-state index contributed by atoms with van der Waals surface area (Å²) in [4.78, 5) is 23.8. The minimum atomic E-state index is -3.77. The van der Waals surface area contributed by atoms with Crippen LogP contribution in [0.4, 0.5) is 5.69 Å². The molecule has 0 aliphatic rings. The number of nitrogens with zero attached hydrogens (tertiary/aromatic N) is 1. The summed E-state index contributed by atoms with van der Waals surface area (Å²) >= 11 is 5.96. The second-order valence-corrected chi connectivity index (χ2v) is 8.45. The van der Waals surface area contributed by atoms with Crippen LogP contribution in [0.2, 0.25) is 5.02 Å². The van der Waals surface area contributed by atoms with E-state index in [2.05, 4.69) is 5.32 Å². The van der Waals surface area contributed by atoms with Crippen LogP contribution in [-0.4, -0.2) is 45.3 Å². The number of carbonyl (C=O) groups excluding carboxylic acids is 2. The van der Waals surface area contributed by atoms with Crippen LogP contribution in [0.1, 0.15) is 15.9 Å². The summed E-state index contributed by atoms with van der Waals surface area (Å²) in [7, 11) is -1.01. The lowest BCUT2D eigenvalue weighted by atomic mass is 10.1. The van der Waals surface area contributed by atoms with Gasteiger partial charge in [-0.2, -0.15) is 0 Å². The molecule has 1 amide bonds. The fourth-order valence-corrected chi connectivity index (χ4v) is 3.55. The molecule has 7 nitrogen and oxygen atoms in total. The van der Waals surface area contributed by atoms with E-state index in [1.807, 2.05) is 13.0 Å². The van der Waals surface area contributed by atoms with Crippen molar-refractivity contribution in [2.24, 2.45) is 0 Å². The van der Waals surface area contributed by atoms with Gasteiger partial charge in [-0.05, 0) is 37.3 Å².